The van der Waals surface area contributed by atoms with Gasteiger partial charge in [-0.15, -0.1) is 0 Å². The lowest BCUT2D eigenvalue weighted by molar-refractivity contribution is -0.117. The molecule has 0 unspecified atom stereocenters. The molecule has 0 spiro atoms. The number of amides is 2. The van der Waals surface area contributed by atoms with Gasteiger partial charge in [-0.05, 0) is 24.3 Å². The van der Waals surface area contributed by atoms with Crippen LogP contribution in [0, 0.1) is 5.82 Å². The summed E-state index contributed by atoms with van der Waals surface area (Å²) in [7, 11) is 1.51. The van der Waals surface area contributed by atoms with Gasteiger partial charge in [0.2, 0.25) is 11.8 Å². The van der Waals surface area contributed by atoms with Crippen molar-refractivity contribution in [3.8, 4) is 5.75 Å². The van der Waals surface area contributed by atoms with Crippen LogP contribution < -0.4 is 15.0 Å². The van der Waals surface area contributed by atoms with Crippen molar-refractivity contribution in [2.75, 3.05) is 23.9 Å². The molecule has 2 amide bonds. The van der Waals surface area contributed by atoms with Crippen molar-refractivity contribution in [1.29, 1.82) is 0 Å². The van der Waals surface area contributed by atoms with Gasteiger partial charge in [0.15, 0.2) is 0 Å². The summed E-state index contributed by atoms with van der Waals surface area (Å²) in [6.07, 6.45) is 0.0337. The number of benzene rings is 2. The molecule has 0 fully saturated rings. The molecule has 2 rings (SSSR count). The van der Waals surface area contributed by atoms with E-state index in [9.17, 15) is 14.0 Å². The first kappa shape index (κ1) is 17.5. The fraction of sp³-hybridized carbons (Fsp3) is 0.222. The van der Waals surface area contributed by atoms with Crippen LogP contribution in [0.15, 0.2) is 48.5 Å². The van der Waals surface area contributed by atoms with Gasteiger partial charge in [-0.2, -0.15) is 0 Å². The molecule has 6 heteroatoms. The van der Waals surface area contributed by atoms with Gasteiger partial charge in [-0.25, -0.2) is 4.39 Å². The van der Waals surface area contributed by atoms with E-state index in [1.165, 1.54) is 31.1 Å². The quantitative estimate of drug-likeness (QED) is 0.885. The highest BCUT2D eigenvalue weighted by atomic mass is 19.1. The predicted octanol–water partition coefficient (Wildman–Crippen LogP) is 3.22. The Morgan fingerprint density at radius 3 is 2.46 bits per heavy atom. The largest absolute Gasteiger partial charge is 0.495 e. The van der Waals surface area contributed by atoms with Gasteiger partial charge in [-0.1, -0.05) is 24.3 Å². The van der Waals surface area contributed by atoms with Crippen molar-refractivity contribution < 1.29 is 18.7 Å². The minimum absolute atomic E-state index is 0.0337. The molecular formula is C18H19FN2O3. The first-order chi connectivity index (χ1) is 11.5. The summed E-state index contributed by atoms with van der Waals surface area (Å²) in [5.74, 6) is -0.575. The number of anilines is 2. The fourth-order valence-corrected chi connectivity index (χ4v) is 2.29. The lowest BCUT2D eigenvalue weighted by Crippen LogP contribution is -2.32. The van der Waals surface area contributed by atoms with E-state index in [1.807, 2.05) is 0 Å². The van der Waals surface area contributed by atoms with Crippen molar-refractivity contribution in [2.45, 2.75) is 13.3 Å². The lowest BCUT2D eigenvalue weighted by Gasteiger charge is -2.21. The zero-order chi connectivity index (χ0) is 17.5. The second-order valence-corrected chi connectivity index (χ2v) is 5.12. The van der Waals surface area contributed by atoms with Gasteiger partial charge < -0.3 is 15.0 Å². The van der Waals surface area contributed by atoms with E-state index in [2.05, 4.69) is 5.32 Å². The first-order valence-electron chi connectivity index (χ1n) is 7.48. The third-order valence-corrected chi connectivity index (χ3v) is 3.47. The maximum absolute atomic E-state index is 13.9. The summed E-state index contributed by atoms with van der Waals surface area (Å²) in [4.78, 5) is 25.1. The van der Waals surface area contributed by atoms with Crippen LogP contribution in [0.2, 0.25) is 0 Å². The van der Waals surface area contributed by atoms with Gasteiger partial charge >= 0.3 is 0 Å². The van der Waals surface area contributed by atoms with E-state index in [0.29, 0.717) is 11.4 Å². The van der Waals surface area contributed by atoms with Crippen molar-refractivity contribution in [3.05, 3.63) is 54.3 Å². The van der Waals surface area contributed by atoms with E-state index in [-0.39, 0.29) is 30.5 Å². The molecule has 0 heterocycles. The molecular weight excluding hydrogens is 311 g/mol. The minimum atomic E-state index is -0.502. The molecule has 0 aliphatic heterocycles. The number of methoxy groups -OCH3 is 1. The third-order valence-electron chi connectivity index (χ3n) is 3.47. The molecule has 2 aromatic carbocycles. The molecule has 0 atom stereocenters. The number of hydrogen-bond donors (Lipinski definition) is 1. The highest BCUT2D eigenvalue weighted by Crippen LogP contribution is 2.23. The molecule has 5 nitrogen and oxygen atoms in total. The number of rotatable bonds is 6. The first-order valence-corrected chi connectivity index (χ1v) is 7.48. The van der Waals surface area contributed by atoms with Crippen molar-refractivity contribution in [2.24, 2.45) is 0 Å². The molecule has 0 aliphatic rings. The van der Waals surface area contributed by atoms with Crippen LogP contribution in [0.1, 0.15) is 13.3 Å². The van der Waals surface area contributed by atoms with Crippen molar-refractivity contribution in [1.82, 2.24) is 0 Å². The summed E-state index contributed by atoms with van der Waals surface area (Å²) in [5, 5.41) is 2.73. The Bertz CT molecular complexity index is 734. The van der Waals surface area contributed by atoms with Crippen LogP contribution in [0.25, 0.3) is 0 Å². The lowest BCUT2D eigenvalue weighted by atomic mass is 10.2. The van der Waals surface area contributed by atoms with E-state index in [0.717, 1.165) is 0 Å². The van der Waals surface area contributed by atoms with E-state index in [1.54, 1.807) is 36.4 Å². The second kappa shape index (κ2) is 8.10. The number of carbonyl (C=O) groups is 2. The Morgan fingerprint density at radius 1 is 1.12 bits per heavy atom. The summed E-state index contributed by atoms with van der Waals surface area (Å²) in [6, 6.07) is 13.0. The van der Waals surface area contributed by atoms with E-state index >= 15 is 0 Å². The molecule has 0 saturated heterocycles. The van der Waals surface area contributed by atoms with E-state index in [4.69, 9.17) is 4.74 Å². The van der Waals surface area contributed by atoms with Crippen LogP contribution in [-0.4, -0.2) is 25.5 Å². The topological polar surface area (TPSA) is 58.6 Å². The van der Waals surface area contributed by atoms with Crippen LogP contribution >= 0.6 is 0 Å². The third kappa shape index (κ3) is 4.32. The smallest absolute Gasteiger partial charge is 0.226 e. The summed E-state index contributed by atoms with van der Waals surface area (Å²) < 4.78 is 19.0. The molecule has 0 bridgehead atoms. The SMILES string of the molecule is COc1ccccc1NC(=O)CCN(C(C)=O)c1ccccc1F. The molecule has 0 aromatic heterocycles. The molecule has 0 saturated carbocycles. The van der Waals surface area contributed by atoms with Crippen LogP contribution in [0.3, 0.4) is 0 Å². The molecule has 1 N–H and O–H groups in total. The van der Waals surface area contributed by atoms with Gasteiger partial charge in [0, 0.05) is 19.9 Å². The van der Waals surface area contributed by atoms with Gasteiger partial charge in [0.05, 0.1) is 18.5 Å². The highest BCUT2D eigenvalue weighted by Gasteiger charge is 2.17. The number of ether oxygens (including phenoxy) is 1. The summed E-state index contributed by atoms with van der Waals surface area (Å²) in [6.45, 7) is 1.42. The average molecular weight is 330 g/mol. The maximum Gasteiger partial charge on any atom is 0.226 e. The van der Waals surface area contributed by atoms with Crippen molar-refractivity contribution >= 4 is 23.2 Å². The Balaban J connectivity index is 2.03. The predicted molar refractivity (Wildman–Crippen MR) is 90.7 cm³/mol. The van der Waals surface area contributed by atoms with Crippen LogP contribution in [0.4, 0.5) is 15.8 Å². The Hall–Kier alpha value is -2.89. The Labute approximate surface area is 140 Å². The molecule has 0 aliphatic carbocycles. The number of nitrogens with one attached hydrogen (secondary N) is 1. The monoisotopic (exact) mass is 330 g/mol. The number of halogens is 1. The number of carbonyl (C=O) groups excluding carboxylic acids is 2. The summed E-state index contributed by atoms with van der Waals surface area (Å²) >= 11 is 0. The summed E-state index contributed by atoms with van der Waals surface area (Å²) in [5.41, 5.74) is 0.709. The number of hydrogen-bond acceptors (Lipinski definition) is 3. The van der Waals surface area contributed by atoms with Crippen LogP contribution in [0.5, 0.6) is 5.75 Å². The zero-order valence-corrected chi connectivity index (χ0v) is 13.6. The number of nitrogens with zero attached hydrogens (tertiary/aromatic N) is 1. The maximum atomic E-state index is 13.9. The highest BCUT2D eigenvalue weighted by molar-refractivity contribution is 5.95. The van der Waals surface area contributed by atoms with Crippen molar-refractivity contribution in [3.63, 3.8) is 0 Å². The Morgan fingerprint density at radius 2 is 1.79 bits per heavy atom. The average Bonchev–Trinajstić information content (AvgIpc) is 2.57. The molecule has 24 heavy (non-hydrogen) atoms. The van der Waals surface area contributed by atoms with Gasteiger partial charge in [0.1, 0.15) is 11.6 Å². The zero-order valence-electron chi connectivity index (χ0n) is 13.6. The Kier molecular flexibility index (Phi) is 5.89. The minimum Gasteiger partial charge on any atom is -0.495 e. The van der Waals surface area contributed by atoms with Crippen LogP contribution in [-0.2, 0) is 9.59 Å². The number of para-hydroxylation sites is 3. The normalized spacial score (nSPS) is 10.1. The van der Waals surface area contributed by atoms with E-state index < -0.39 is 5.82 Å². The van der Waals surface area contributed by atoms with Gasteiger partial charge in [0.25, 0.3) is 0 Å². The standard InChI is InChI=1S/C18H19FN2O3/c1-13(22)21(16-9-5-3-7-14(16)19)12-11-18(23)20-15-8-4-6-10-17(15)24-2/h3-10H,11-12H2,1-2H3,(H,20,23). The van der Waals surface area contributed by atoms with Gasteiger partial charge in [-0.3, -0.25) is 9.59 Å². The molecule has 126 valence electrons. The molecule has 0 radical (unpaired) electrons. The second-order valence-electron chi connectivity index (χ2n) is 5.12. The molecule has 2 aromatic rings. The fourth-order valence-electron chi connectivity index (χ4n) is 2.29.